The average molecular weight is 200 g/mol. The number of fused-ring (bicyclic) bond motifs is 1. The second-order valence-electron chi connectivity index (χ2n) is 4.67. The molecular weight excluding hydrogens is 184 g/mol. The first-order valence-electron chi connectivity index (χ1n) is 5.67. The van der Waals surface area contributed by atoms with E-state index >= 15 is 0 Å². The maximum Gasteiger partial charge on any atom is 0.0373 e. The fourth-order valence-electron chi connectivity index (χ4n) is 2.65. The smallest absolute Gasteiger partial charge is 0.0373 e. The molecule has 0 amide bonds. The number of pyridine rings is 1. The quantitative estimate of drug-likeness (QED) is 0.750. The van der Waals surface area contributed by atoms with Crippen LogP contribution in [0.5, 0.6) is 0 Å². The van der Waals surface area contributed by atoms with Crippen molar-refractivity contribution in [1.82, 2.24) is 10.3 Å². The van der Waals surface area contributed by atoms with Gasteiger partial charge in [-0.05, 0) is 48.9 Å². The van der Waals surface area contributed by atoms with Crippen LogP contribution in [0.1, 0.15) is 17.7 Å². The molecule has 1 aliphatic carbocycles. The molecule has 1 aromatic rings. The molecule has 0 radical (unpaired) electrons. The van der Waals surface area contributed by atoms with E-state index in [1.54, 1.807) is 0 Å². The summed E-state index contributed by atoms with van der Waals surface area (Å²) >= 11 is 0. The van der Waals surface area contributed by atoms with Gasteiger partial charge in [0.1, 0.15) is 0 Å². The summed E-state index contributed by atoms with van der Waals surface area (Å²) in [5.74, 6) is 1.60. The molecule has 0 spiro atoms. The van der Waals surface area contributed by atoms with E-state index in [0.29, 0.717) is 0 Å². The normalized spacial score (nSPS) is 29.0. The number of rotatable bonds is 1. The molecule has 0 aromatic carbocycles. The van der Waals surface area contributed by atoms with Gasteiger partial charge in [0, 0.05) is 18.4 Å². The molecule has 1 aromatic heterocycles. The van der Waals surface area contributed by atoms with Crippen molar-refractivity contribution in [2.24, 2.45) is 11.8 Å². The molecule has 0 bridgehead atoms. The highest BCUT2D eigenvalue weighted by Gasteiger charge is 2.31. The van der Waals surface area contributed by atoms with Gasteiger partial charge in [0.25, 0.3) is 0 Å². The molecule has 0 unspecified atom stereocenters. The Balaban J connectivity index is 1.87. The minimum atomic E-state index is 0.765. The van der Waals surface area contributed by atoms with Crippen LogP contribution < -0.4 is 5.32 Å². The van der Waals surface area contributed by atoms with Crippen molar-refractivity contribution in [2.75, 3.05) is 13.1 Å². The Hall–Kier alpha value is -1.15. The Labute approximate surface area is 90.4 Å². The Morgan fingerprint density at radius 3 is 3.00 bits per heavy atom. The summed E-state index contributed by atoms with van der Waals surface area (Å²) in [4.78, 5) is 4.36. The highest BCUT2D eigenvalue weighted by atomic mass is 14.9. The minimum absolute atomic E-state index is 0.765. The summed E-state index contributed by atoms with van der Waals surface area (Å²) in [5, 5.41) is 3.45. The predicted octanol–water partition coefficient (Wildman–Crippen LogP) is 2.01. The number of nitrogens with zero attached hydrogens (tertiary/aromatic N) is 1. The van der Waals surface area contributed by atoms with E-state index < -0.39 is 0 Å². The van der Waals surface area contributed by atoms with Crippen LogP contribution in [0.3, 0.4) is 0 Å². The van der Waals surface area contributed by atoms with Gasteiger partial charge in [-0.15, -0.1) is 0 Å². The molecule has 3 rings (SSSR count). The molecule has 2 aliphatic rings. The third kappa shape index (κ3) is 1.59. The first kappa shape index (κ1) is 9.10. The van der Waals surface area contributed by atoms with E-state index in [9.17, 15) is 0 Å². The molecule has 2 heteroatoms. The summed E-state index contributed by atoms with van der Waals surface area (Å²) in [6, 6.07) is 4.30. The first-order valence-corrected chi connectivity index (χ1v) is 5.67. The van der Waals surface area contributed by atoms with Gasteiger partial charge in [0.15, 0.2) is 0 Å². The van der Waals surface area contributed by atoms with Crippen LogP contribution in [0, 0.1) is 18.8 Å². The third-order valence-electron chi connectivity index (χ3n) is 3.57. The predicted molar refractivity (Wildman–Crippen MR) is 61.4 cm³/mol. The van der Waals surface area contributed by atoms with Gasteiger partial charge in [-0.3, -0.25) is 4.98 Å². The number of aryl methyl sites for hydroxylation is 1. The topological polar surface area (TPSA) is 24.9 Å². The summed E-state index contributed by atoms with van der Waals surface area (Å²) < 4.78 is 0. The molecule has 2 heterocycles. The molecule has 2 atom stereocenters. The maximum atomic E-state index is 4.36. The Morgan fingerprint density at radius 1 is 1.33 bits per heavy atom. The first-order chi connectivity index (χ1) is 7.33. The lowest BCUT2D eigenvalue weighted by Crippen LogP contribution is -2.09. The Kier molecular flexibility index (Phi) is 2.10. The summed E-state index contributed by atoms with van der Waals surface area (Å²) in [6.45, 7) is 4.38. The molecule has 78 valence electrons. The van der Waals surface area contributed by atoms with E-state index in [2.05, 4.69) is 28.5 Å². The maximum absolute atomic E-state index is 4.36. The molecule has 15 heavy (non-hydrogen) atoms. The van der Waals surface area contributed by atoms with Gasteiger partial charge in [-0.2, -0.15) is 0 Å². The lowest BCUT2D eigenvalue weighted by molar-refractivity contribution is 0.536. The minimum Gasteiger partial charge on any atom is -0.316 e. The van der Waals surface area contributed by atoms with Gasteiger partial charge in [-0.1, -0.05) is 12.1 Å². The van der Waals surface area contributed by atoms with E-state index in [1.807, 2.05) is 13.1 Å². The molecule has 1 N–H and O–H groups in total. The summed E-state index contributed by atoms with van der Waals surface area (Å²) in [6.07, 6.45) is 5.68. The number of nitrogens with one attached hydrogen (secondary N) is 1. The van der Waals surface area contributed by atoms with E-state index in [4.69, 9.17) is 0 Å². The van der Waals surface area contributed by atoms with Crippen molar-refractivity contribution in [2.45, 2.75) is 13.3 Å². The highest BCUT2D eigenvalue weighted by molar-refractivity contribution is 5.67. The second-order valence-corrected chi connectivity index (χ2v) is 4.67. The fourth-order valence-corrected chi connectivity index (χ4v) is 2.65. The van der Waals surface area contributed by atoms with Gasteiger partial charge in [0.05, 0.1) is 0 Å². The van der Waals surface area contributed by atoms with Crippen LogP contribution in [0.2, 0.25) is 0 Å². The van der Waals surface area contributed by atoms with Crippen LogP contribution in [-0.4, -0.2) is 18.1 Å². The second kappa shape index (κ2) is 3.46. The van der Waals surface area contributed by atoms with E-state index in [1.165, 1.54) is 24.1 Å². The summed E-state index contributed by atoms with van der Waals surface area (Å²) in [5.41, 5.74) is 3.91. The van der Waals surface area contributed by atoms with Crippen molar-refractivity contribution in [3.05, 3.63) is 35.7 Å². The number of aromatic nitrogens is 1. The van der Waals surface area contributed by atoms with Crippen molar-refractivity contribution >= 4 is 5.57 Å². The Morgan fingerprint density at radius 2 is 2.27 bits per heavy atom. The Bertz CT molecular complexity index is 392. The van der Waals surface area contributed by atoms with Crippen molar-refractivity contribution in [3.8, 4) is 0 Å². The van der Waals surface area contributed by atoms with Crippen molar-refractivity contribution < 1.29 is 0 Å². The average Bonchev–Trinajstić information content (AvgIpc) is 2.78. The van der Waals surface area contributed by atoms with Crippen molar-refractivity contribution in [3.63, 3.8) is 0 Å². The van der Waals surface area contributed by atoms with Gasteiger partial charge in [0.2, 0.25) is 0 Å². The molecule has 1 fully saturated rings. The number of hydrogen-bond acceptors (Lipinski definition) is 2. The third-order valence-corrected chi connectivity index (χ3v) is 3.57. The largest absolute Gasteiger partial charge is 0.316 e. The number of hydrogen-bond donors (Lipinski definition) is 1. The lowest BCUT2D eigenvalue weighted by Gasteiger charge is -2.06. The zero-order chi connectivity index (χ0) is 10.3. The van der Waals surface area contributed by atoms with Crippen LogP contribution in [0.4, 0.5) is 0 Å². The zero-order valence-electron chi connectivity index (χ0n) is 9.03. The molecule has 0 saturated carbocycles. The number of allylic oxidation sites excluding steroid dienone is 1. The van der Waals surface area contributed by atoms with Crippen LogP contribution in [-0.2, 0) is 0 Å². The monoisotopic (exact) mass is 200 g/mol. The zero-order valence-corrected chi connectivity index (χ0v) is 9.03. The van der Waals surface area contributed by atoms with E-state index in [0.717, 1.165) is 24.1 Å². The van der Waals surface area contributed by atoms with Crippen LogP contribution in [0.15, 0.2) is 24.4 Å². The standard InChI is InChI=1S/C13H16N2/c1-9-2-3-10(8-15-9)11-4-12-6-14-7-13(12)5-11/h2-4,8,12-14H,5-7H2,1H3/t12-,13+/m0/s1. The fraction of sp³-hybridized carbons (Fsp3) is 0.462. The highest BCUT2D eigenvalue weighted by Crippen LogP contribution is 2.37. The van der Waals surface area contributed by atoms with Gasteiger partial charge >= 0.3 is 0 Å². The van der Waals surface area contributed by atoms with E-state index in [-0.39, 0.29) is 0 Å². The molecule has 1 aliphatic heterocycles. The summed E-state index contributed by atoms with van der Waals surface area (Å²) in [7, 11) is 0. The van der Waals surface area contributed by atoms with Crippen LogP contribution >= 0.6 is 0 Å². The molecule has 2 nitrogen and oxygen atoms in total. The molecule has 1 saturated heterocycles. The van der Waals surface area contributed by atoms with Gasteiger partial charge < -0.3 is 5.32 Å². The van der Waals surface area contributed by atoms with Gasteiger partial charge in [-0.25, -0.2) is 0 Å². The SMILES string of the molecule is Cc1ccc(C2=C[C@H]3CNC[C@H]3C2)cn1. The molecular formula is C13H16N2. The van der Waals surface area contributed by atoms with Crippen LogP contribution in [0.25, 0.3) is 5.57 Å². The lowest BCUT2D eigenvalue weighted by atomic mass is 9.99. The van der Waals surface area contributed by atoms with Crippen molar-refractivity contribution in [1.29, 1.82) is 0 Å².